The molecule has 3 atom stereocenters. The van der Waals surface area contributed by atoms with E-state index in [9.17, 15) is 13.9 Å². The zero-order chi connectivity index (χ0) is 30.2. The first-order valence-corrected chi connectivity index (χ1v) is 14.8. The molecular formula is C33H29F3N4O4. The standard InChI is InChI=1S/C33H29F3N4O4/c1-2-22-25(35)5-4-18-10-21(41)11-23(27(18)22)24-12-26-28-30(29(24)36)37-32(38-31(28)40-8-9-42-15-20(40)16-43-26)44-17-33-6-3-7-39(33)14-19(34)13-33/h1,4-5,10-12,19-20,41H,3,6-9,13-17H2/t19-,20+,33+/m1/s1. The van der Waals surface area contributed by atoms with Gasteiger partial charge in [0, 0.05) is 30.5 Å². The number of hydrogen-bond acceptors (Lipinski definition) is 8. The van der Waals surface area contributed by atoms with Crippen LogP contribution in [0, 0.1) is 24.0 Å². The van der Waals surface area contributed by atoms with Gasteiger partial charge >= 0.3 is 6.01 Å². The summed E-state index contributed by atoms with van der Waals surface area (Å²) in [4.78, 5) is 13.5. The van der Waals surface area contributed by atoms with Gasteiger partial charge in [-0.1, -0.05) is 12.0 Å². The van der Waals surface area contributed by atoms with Crippen LogP contribution in [0.5, 0.6) is 17.5 Å². The van der Waals surface area contributed by atoms with E-state index in [1.54, 1.807) is 0 Å². The molecule has 0 unspecified atom stereocenters. The van der Waals surface area contributed by atoms with Crippen molar-refractivity contribution in [3.8, 4) is 41.0 Å². The zero-order valence-corrected chi connectivity index (χ0v) is 23.8. The van der Waals surface area contributed by atoms with E-state index in [1.165, 1.54) is 30.3 Å². The average molecular weight is 603 g/mol. The van der Waals surface area contributed by atoms with Gasteiger partial charge in [0.2, 0.25) is 0 Å². The van der Waals surface area contributed by atoms with Crippen LogP contribution in [-0.2, 0) is 4.74 Å². The van der Waals surface area contributed by atoms with Crippen molar-refractivity contribution in [3.63, 3.8) is 0 Å². The maximum absolute atomic E-state index is 16.9. The second kappa shape index (κ2) is 10.1. The lowest BCUT2D eigenvalue weighted by molar-refractivity contribution is 0.0780. The number of terminal acetylenes is 1. The van der Waals surface area contributed by atoms with Crippen molar-refractivity contribution in [2.24, 2.45) is 0 Å². The molecule has 8 rings (SSSR count). The van der Waals surface area contributed by atoms with Gasteiger partial charge in [0.1, 0.15) is 48.0 Å². The van der Waals surface area contributed by atoms with Crippen LogP contribution in [0.4, 0.5) is 19.0 Å². The molecule has 0 saturated carbocycles. The summed E-state index contributed by atoms with van der Waals surface area (Å²) in [5, 5.41) is 11.7. The highest BCUT2D eigenvalue weighted by molar-refractivity contribution is 6.05. The maximum Gasteiger partial charge on any atom is 0.319 e. The van der Waals surface area contributed by atoms with Gasteiger partial charge in [0.05, 0.1) is 35.7 Å². The number of phenols is 1. The summed E-state index contributed by atoms with van der Waals surface area (Å²) < 4.78 is 64.4. The summed E-state index contributed by atoms with van der Waals surface area (Å²) in [7, 11) is 0. The van der Waals surface area contributed by atoms with E-state index in [2.05, 4.69) is 15.8 Å². The summed E-state index contributed by atoms with van der Waals surface area (Å²) in [5.74, 6) is 1.67. The number of morpholine rings is 1. The topological polar surface area (TPSA) is 80.2 Å². The minimum Gasteiger partial charge on any atom is -0.508 e. The summed E-state index contributed by atoms with van der Waals surface area (Å²) in [6, 6.07) is 6.82. The number of hydrogen-bond donors (Lipinski definition) is 1. The second-order valence-electron chi connectivity index (χ2n) is 12.0. The highest BCUT2D eigenvalue weighted by Crippen LogP contribution is 2.46. The molecule has 4 aromatic rings. The fourth-order valence-electron chi connectivity index (χ4n) is 7.47. The Labute approximate surface area is 251 Å². The lowest BCUT2D eigenvalue weighted by Crippen LogP contribution is -2.48. The van der Waals surface area contributed by atoms with Gasteiger partial charge in [-0.2, -0.15) is 9.97 Å². The van der Waals surface area contributed by atoms with Crippen molar-refractivity contribution in [2.45, 2.75) is 37.0 Å². The van der Waals surface area contributed by atoms with Gasteiger partial charge in [-0.15, -0.1) is 6.42 Å². The lowest BCUT2D eigenvalue weighted by atomic mass is 9.92. The number of anilines is 1. The number of rotatable bonds is 4. The summed E-state index contributed by atoms with van der Waals surface area (Å²) >= 11 is 0. The van der Waals surface area contributed by atoms with E-state index >= 15 is 4.39 Å². The first kappa shape index (κ1) is 27.3. The monoisotopic (exact) mass is 602 g/mol. The molecule has 0 aliphatic carbocycles. The van der Waals surface area contributed by atoms with E-state index in [0.717, 1.165) is 19.4 Å². The number of aromatic nitrogens is 2. The molecule has 3 saturated heterocycles. The van der Waals surface area contributed by atoms with E-state index in [-0.39, 0.29) is 58.6 Å². The highest BCUT2D eigenvalue weighted by atomic mass is 19.1. The highest BCUT2D eigenvalue weighted by Gasteiger charge is 2.49. The van der Waals surface area contributed by atoms with Gasteiger partial charge in [0.25, 0.3) is 0 Å². The number of ether oxygens (including phenoxy) is 3. The molecule has 3 aromatic carbocycles. The van der Waals surface area contributed by atoms with Crippen LogP contribution in [-0.4, -0.2) is 83.8 Å². The predicted octanol–water partition coefficient (Wildman–Crippen LogP) is 4.97. The Balaban J connectivity index is 1.33. The average Bonchev–Trinajstić information content (AvgIpc) is 3.49. The molecule has 4 aliphatic heterocycles. The number of alkyl halides is 1. The largest absolute Gasteiger partial charge is 0.508 e. The Bertz CT molecular complexity index is 1880. The smallest absolute Gasteiger partial charge is 0.319 e. The number of nitrogens with zero attached hydrogens (tertiary/aromatic N) is 4. The van der Waals surface area contributed by atoms with Crippen molar-refractivity contribution in [1.29, 1.82) is 0 Å². The summed E-state index contributed by atoms with van der Waals surface area (Å²) in [5.41, 5.74) is -0.319. The molecule has 1 N–H and O–H groups in total. The third-order valence-electron chi connectivity index (χ3n) is 9.48. The predicted molar refractivity (Wildman–Crippen MR) is 158 cm³/mol. The van der Waals surface area contributed by atoms with Crippen LogP contribution in [0.15, 0.2) is 30.3 Å². The molecule has 5 heterocycles. The Morgan fingerprint density at radius 2 is 2.00 bits per heavy atom. The van der Waals surface area contributed by atoms with Crippen molar-refractivity contribution >= 4 is 27.5 Å². The van der Waals surface area contributed by atoms with Gasteiger partial charge < -0.3 is 24.2 Å². The maximum atomic E-state index is 16.9. The number of benzene rings is 3. The molecule has 0 bridgehead atoms. The zero-order valence-electron chi connectivity index (χ0n) is 23.8. The van der Waals surface area contributed by atoms with Gasteiger partial charge in [0.15, 0.2) is 5.82 Å². The first-order valence-electron chi connectivity index (χ1n) is 14.8. The van der Waals surface area contributed by atoms with Crippen LogP contribution < -0.4 is 14.4 Å². The number of aromatic hydroxyl groups is 1. The number of phenolic OH excluding ortho intramolecular Hbond substituents is 1. The number of fused-ring (bicyclic) bond motifs is 4. The summed E-state index contributed by atoms with van der Waals surface area (Å²) in [6.07, 6.45) is 6.89. The van der Waals surface area contributed by atoms with Crippen LogP contribution >= 0.6 is 0 Å². The molecule has 0 amide bonds. The molecule has 8 nitrogen and oxygen atoms in total. The van der Waals surface area contributed by atoms with E-state index in [4.69, 9.17) is 25.6 Å². The van der Waals surface area contributed by atoms with Gasteiger partial charge in [-0.05, 0) is 54.6 Å². The van der Waals surface area contributed by atoms with Gasteiger partial charge in [-0.25, -0.2) is 13.2 Å². The molecule has 226 valence electrons. The fourth-order valence-corrected chi connectivity index (χ4v) is 7.47. The fraction of sp³-hybridized carbons (Fsp3) is 0.394. The van der Waals surface area contributed by atoms with Crippen LogP contribution in [0.3, 0.4) is 0 Å². The Hall–Kier alpha value is -4.27. The molecule has 44 heavy (non-hydrogen) atoms. The van der Waals surface area contributed by atoms with E-state index in [0.29, 0.717) is 55.1 Å². The van der Waals surface area contributed by atoms with Crippen LogP contribution in [0.2, 0.25) is 0 Å². The van der Waals surface area contributed by atoms with Crippen molar-refractivity contribution in [1.82, 2.24) is 14.9 Å². The molecular weight excluding hydrogens is 573 g/mol. The minimum absolute atomic E-state index is 0.0266. The van der Waals surface area contributed by atoms with Crippen LogP contribution in [0.1, 0.15) is 24.8 Å². The Kier molecular flexibility index (Phi) is 6.29. The Morgan fingerprint density at radius 1 is 1.11 bits per heavy atom. The lowest BCUT2D eigenvalue weighted by Gasteiger charge is -2.35. The molecule has 4 aliphatic rings. The van der Waals surface area contributed by atoms with Crippen molar-refractivity contribution < 1.29 is 32.5 Å². The van der Waals surface area contributed by atoms with E-state index in [1.807, 2.05) is 4.90 Å². The summed E-state index contributed by atoms with van der Waals surface area (Å²) in [6.45, 7) is 2.96. The minimum atomic E-state index is -0.926. The number of halogens is 3. The quantitative estimate of drug-likeness (QED) is 0.328. The van der Waals surface area contributed by atoms with Crippen LogP contribution in [0.25, 0.3) is 32.8 Å². The Morgan fingerprint density at radius 3 is 2.86 bits per heavy atom. The first-order chi connectivity index (χ1) is 21.3. The molecule has 1 aromatic heterocycles. The molecule has 11 heteroatoms. The third-order valence-corrected chi connectivity index (χ3v) is 9.48. The van der Waals surface area contributed by atoms with E-state index < -0.39 is 23.3 Å². The second-order valence-corrected chi connectivity index (χ2v) is 12.0. The van der Waals surface area contributed by atoms with Crippen molar-refractivity contribution in [3.05, 3.63) is 47.5 Å². The normalized spacial score (nSPS) is 24.5. The third kappa shape index (κ3) is 4.15. The molecule has 0 spiro atoms. The van der Waals surface area contributed by atoms with Gasteiger partial charge in [-0.3, -0.25) is 4.90 Å². The van der Waals surface area contributed by atoms with Crippen molar-refractivity contribution in [2.75, 3.05) is 51.0 Å². The molecule has 3 fully saturated rings. The molecule has 0 radical (unpaired) electrons. The SMILES string of the molecule is C#Cc1c(F)ccc2cc(O)cc(-c3cc4c5c(nc(OC[C@@]67CCCN6C[C@H](F)C7)nc5c3F)N3CCOC[C@H]3CO4)c12.